The Morgan fingerprint density at radius 1 is 1.06 bits per heavy atom. The number of nitrogens with one attached hydrogen (secondary N) is 1. The molecule has 2 N–H and O–H groups in total. The lowest BCUT2D eigenvalue weighted by atomic mass is 10.1. The molecule has 0 aromatic carbocycles. The van der Waals surface area contributed by atoms with E-state index in [1.165, 1.54) is 23.9 Å². The van der Waals surface area contributed by atoms with Gasteiger partial charge < -0.3 is 23.4 Å². The van der Waals surface area contributed by atoms with Crippen LogP contribution in [-0.4, -0.2) is 63.0 Å². The van der Waals surface area contributed by atoms with Gasteiger partial charge in [0.25, 0.3) is 5.56 Å². The lowest BCUT2D eigenvalue weighted by Crippen LogP contribution is -2.58. The van der Waals surface area contributed by atoms with Crippen LogP contribution in [0.5, 0.6) is 0 Å². The molecule has 1 saturated heterocycles. The van der Waals surface area contributed by atoms with E-state index < -0.39 is 58.7 Å². The highest BCUT2D eigenvalue weighted by molar-refractivity contribution is 6.74. The van der Waals surface area contributed by atoms with Gasteiger partial charge in [0.05, 0.1) is 0 Å². The number of hydrogen-bond acceptors (Lipinski definition) is 7. The van der Waals surface area contributed by atoms with Gasteiger partial charge in [0, 0.05) is 19.4 Å². The number of aliphatic hydroxyl groups excluding tert-OH is 1. The summed E-state index contributed by atoms with van der Waals surface area (Å²) in [6.45, 7) is 20.7. The first-order valence-corrected chi connectivity index (χ1v) is 17.1. The van der Waals surface area contributed by atoms with Crippen LogP contribution in [0.1, 0.15) is 47.8 Å². The van der Waals surface area contributed by atoms with Crippen molar-refractivity contribution in [3.63, 3.8) is 0 Å². The van der Waals surface area contributed by atoms with Crippen molar-refractivity contribution in [2.75, 3.05) is 13.7 Å². The average Bonchev–Trinajstić information content (AvgIpc) is 2.93. The second kappa shape index (κ2) is 9.17. The molecule has 33 heavy (non-hydrogen) atoms. The highest BCUT2D eigenvalue weighted by Gasteiger charge is 2.62. The Kier molecular flexibility index (Phi) is 7.83. The Balaban J connectivity index is 2.71. The molecule has 0 saturated carbocycles. The summed E-state index contributed by atoms with van der Waals surface area (Å²) in [5.41, 5.74) is -1.14. The van der Waals surface area contributed by atoms with Gasteiger partial charge in [-0.15, -0.1) is 0 Å². The van der Waals surface area contributed by atoms with E-state index in [0.717, 1.165) is 0 Å². The molecule has 0 spiro atoms. The molecule has 1 fully saturated rings. The van der Waals surface area contributed by atoms with Crippen LogP contribution in [0.4, 0.5) is 0 Å². The van der Waals surface area contributed by atoms with E-state index >= 15 is 0 Å². The minimum absolute atomic E-state index is 0.129. The van der Waals surface area contributed by atoms with Gasteiger partial charge in [-0.3, -0.25) is 14.3 Å². The van der Waals surface area contributed by atoms with Gasteiger partial charge in [-0.05, 0) is 36.3 Å². The van der Waals surface area contributed by atoms with Gasteiger partial charge >= 0.3 is 5.69 Å². The van der Waals surface area contributed by atoms with Crippen LogP contribution in [-0.2, 0) is 18.3 Å². The zero-order chi connectivity index (χ0) is 25.6. The van der Waals surface area contributed by atoms with Crippen molar-refractivity contribution >= 4 is 16.6 Å². The summed E-state index contributed by atoms with van der Waals surface area (Å²) >= 11 is 0. The Morgan fingerprint density at radius 2 is 1.58 bits per heavy atom. The fraction of sp³-hybridized carbons (Fsp3) is 0.818. The molecule has 1 aromatic rings. The van der Waals surface area contributed by atoms with E-state index in [4.69, 9.17) is 18.3 Å². The summed E-state index contributed by atoms with van der Waals surface area (Å²) in [5.74, 6) is -1.54. The lowest BCUT2D eigenvalue weighted by molar-refractivity contribution is -0.267. The van der Waals surface area contributed by atoms with E-state index in [1.807, 2.05) is 0 Å². The van der Waals surface area contributed by atoms with E-state index in [0.29, 0.717) is 0 Å². The fourth-order valence-corrected chi connectivity index (χ4v) is 5.80. The number of methoxy groups -OCH3 is 1. The van der Waals surface area contributed by atoms with Crippen molar-refractivity contribution in [3.05, 3.63) is 33.1 Å². The van der Waals surface area contributed by atoms with Crippen LogP contribution in [0.25, 0.3) is 0 Å². The van der Waals surface area contributed by atoms with E-state index in [1.54, 1.807) is 0 Å². The molecule has 4 atom stereocenters. The molecule has 2 heterocycles. The van der Waals surface area contributed by atoms with Gasteiger partial charge in [-0.1, -0.05) is 41.5 Å². The maximum atomic E-state index is 12.7. The third-order valence-electron chi connectivity index (χ3n) is 7.49. The normalized spacial score (nSPS) is 27.2. The number of aromatic nitrogens is 2. The van der Waals surface area contributed by atoms with Gasteiger partial charge in [-0.25, -0.2) is 4.79 Å². The van der Waals surface area contributed by atoms with Crippen molar-refractivity contribution in [1.82, 2.24) is 9.55 Å². The second-order valence-corrected chi connectivity index (χ2v) is 21.4. The van der Waals surface area contributed by atoms with Crippen molar-refractivity contribution in [2.24, 2.45) is 0 Å². The quantitative estimate of drug-likeness (QED) is 0.551. The number of aromatic amines is 1. The summed E-state index contributed by atoms with van der Waals surface area (Å²) in [6.07, 6.45) is -1.15. The largest absolute Gasteiger partial charge is 0.406 e. The lowest BCUT2D eigenvalue weighted by Gasteiger charge is -2.45. The number of hydrogen-bond donors (Lipinski definition) is 2. The Bertz CT molecular complexity index is 940. The summed E-state index contributed by atoms with van der Waals surface area (Å²) in [6, 6.07) is 1.25. The smallest absolute Gasteiger partial charge is 0.330 e. The second-order valence-electron chi connectivity index (χ2n) is 11.8. The topological polar surface area (TPSA) is 112 Å². The number of H-pyrrole nitrogens is 1. The molecule has 2 unspecified atom stereocenters. The van der Waals surface area contributed by atoms with E-state index in [9.17, 15) is 14.7 Å². The molecule has 0 amide bonds. The van der Waals surface area contributed by atoms with Crippen LogP contribution in [0.15, 0.2) is 21.9 Å². The first-order chi connectivity index (χ1) is 14.8. The molecule has 0 bridgehead atoms. The van der Waals surface area contributed by atoms with Crippen LogP contribution >= 0.6 is 0 Å². The zero-order valence-corrected chi connectivity index (χ0v) is 23.9. The maximum Gasteiger partial charge on any atom is 0.330 e. The first-order valence-electron chi connectivity index (χ1n) is 11.3. The van der Waals surface area contributed by atoms with Crippen molar-refractivity contribution in [1.29, 1.82) is 0 Å². The number of rotatable bonds is 7. The van der Waals surface area contributed by atoms with Gasteiger partial charge in [0.1, 0.15) is 18.8 Å². The van der Waals surface area contributed by atoms with Crippen LogP contribution in [0, 0.1) is 0 Å². The Labute approximate surface area is 198 Å². The highest BCUT2D eigenvalue weighted by atomic mass is 28.4. The molecule has 1 aromatic heterocycles. The molecular weight excluding hydrogens is 460 g/mol. The van der Waals surface area contributed by atoms with Crippen LogP contribution in [0.2, 0.25) is 36.3 Å². The average molecular weight is 503 g/mol. The molecule has 0 aliphatic carbocycles. The van der Waals surface area contributed by atoms with Crippen molar-refractivity contribution in [3.8, 4) is 0 Å². The third kappa shape index (κ3) is 5.44. The summed E-state index contributed by atoms with van der Waals surface area (Å²) in [7, 11) is -3.34. The number of ether oxygens (including phenoxy) is 2. The van der Waals surface area contributed by atoms with E-state index in [-0.39, 0.29) is 10.1 Å². The minimum Gasteiger partial charge on any atom is -0.406 e. The maximum absolute atomic E-state index is 12.7. The Hall–Kier alpha value is -1.09. The highest BCUT2D eigenvalue weighted by Crippen LogP contribution is 2.48. The predicted molar refractivity (Wildman–Crippen MR) is 132 cm³/mol. The standard InChI is InChI=1S/C22H42N2O7Si2/c1-20(2,3)32(8,9)30-16-17(31-33(10,11)21(4,5)6)22(14-25,28-7)29-18(16)24-13-12-15(26)23-19(24)27/h12-13,16-18,25H,14H2,1-11H3,(H,23,26,27)/t16?,17?,18-,22-/m1/s1. The Morgan fingerprint density at radius 3 is 2.00 bits per heavy atom. The van der Waals surface area contributed by atoms with Crippen molar-refractivity contribution in [2.45, 2.75) is 102 Å². The van der Waals surface area contributed by atoms with Crippen LogP contribution < -0.4 is 11.2 Å². The number of nitrogens with zero attached hydrogens (tertiary/aromatic N) is 1. The predicted octanol–water partition coefficient (Wildman–Crippen LogP) is 3.18. The summed E-state index contributed by atoms with van der Waals surface area (Å²) in [5, 5.41) is 10.2. The fourth-order valence-electron chi connectivity index (χ4n) is 3.23. The first kappa shape index (κ1) is 28.2. The molecule has 1 aliphatic heterocycles. The molecule has 190 valence electrons. The monoisotopic (exact) mass is 502 g/mol. The SMILES string of the molecule is CO[C@]1(CO)O[C@@H](n2ccc(=O)[nH]c2=O)C(O[Si](C)(C)C(C)(C)C)C1O[Si](C)(C)C(C)(C)C. The zero-order valence-electron chi connectivity index (χ0n) is 21.9. The van der Waals surface area contributed by atoms with E-state index in [2.05, 4.69) is 72.7 Å². The molecule has 1 aliphatic rings. The molecule has 0 radical (unpaired) electrons. The third-order valence-corrected chi connectivity index (χ3v) is 16.4. The molecular formula is C22H42N2O7Si2. The van der Waals surface area contributed by atoms with Gasteiger partial charge in [0.2, 0.25) is 5.79 Å². The number of aliphatic hydroxyl groups is 1. The molecule has 2 rings (SSSR count). The van der Waals surface area contributed by atoms with Crippen molar-refractivity contribution < 1.29 is 23.4 Å². The molecule has 11 heteroatoms. The summed E-state index contributed by atoms with van der Waals surface area (Å²) < 4.78 is 26.9. The van der Waals surface area contributed by atoms with Crippen LogP contribution in [0.3, 0.4) is 0 Å². The summed E-state index contributed by atoms with van der Waals surface area (Å²) in [4.78, 5) is 26.7. The van der Waals surface area contributed by atoms with Gasteiger partial charge in [0.15, 0.2) is 22.9 Å². The molecule has 9 nitrogen and oxygen atoms in total. The van der Waals surface area contributed by atoms with Gasteiger partial charge in [-0.2, -0.15) is 0 Å². The minimum atomic E-state index is -2.39.